The third-order valence-electron chi connectivity index (χ3n) is 13.6. The second-order valence-corrected chi connectivity index (χ2v) is 24.8. The second-order valence-electron chi connectivity index (χ2n) is 21.9. The molecular formula is C67H118O16P2. The number of esters is 3. The van der Waals surface area contributed by atoms with E-state index in [9.17, 15) is 43.5 Å². The van der Waals surface area contributed by atoms with E-state index in [0.29, 0.717) is 19.3 Å². The number of phosphoric acid groups is 2. The lowest BCUT2D eigenvalue weighted by atomic mass is 10.1. The van der Waals surface area contributed by atoms with Gasteiger partial charge in [0.15, 0.2) is 6.10 Å². The van der Waals surface area contributed by atoms with Crippen molar-refractivity contribution in [2.75, 3.05) is 39.6 Å². The maximum absolute atomic E-state index is 12.8. The monoisotopic (exact) mass is 1240 g/mol. The standard InChI is InChI=1S/C67H118O16P2/c1-4-7-10-13-16-19-22-24-26-27-28-29-30-31-32-33-35-37-39-41-44-47-50-53-65(70)77-56-62(68)57-79-84(73,74)80-58-63(69)59-81-85(75,76)82-61-64(83-67(72)55-52-49-46-43-38-21-18-15-12-9-6-3)60-78-66(71)54-51-48-45-42-40-36-34-25-23-20-17-14-11-8-5-2/h8,11,16-17,19-20,24-26,28-29,31-32,34,62-64,68-69H,4-7,9-10,12-15,18,21-23,27,30,33,35-61H2,1-3H3,(H,73,74)(H,75,76)/b11-8-,19-16-,20-17-,26-24-,29-28-,32-31-,34-25-. The first-order valence-corrected chi connectivity index (χ1v) is 35.9. The maximum Gasteiger partial charge on any atom is 0.472 e. The summed E-state index contributed by atoms with van der Waals surface area (Å²) in [7, 11) is -9.77. The molecule has 492 valence electrons. The zero-order valence-corrected chi connectivity index (χ0v) is 54.8. The Bertz CT molecular complexity index is 1900. The van der Waals surface area contributed by atoms with Gasteiger partial charge in [-0.2, -0.15) is 0 Å². The van der Waals surface area contributed by atoms with Crippen molar-refractivity contribution in [2.45, 2.75) is 283 Å². The molecule has 0 fully saturated rings. The number of aliphatic hydroxyl groups is 2. The van der Waals surface area contributed by atoms with Crippen LogP contribution in [0.4, 0.5) is 0 Å². The van der Waals surface area contributed by atoms with Crippen LogP contribution in [0, 0.1) is 0 Å². The highest BCUT2D eigenvalue weighted by molar-refractivity contribution is 7.47. The number of rotatable bonds is 62. The molecule has 0 aromatic rings. The number of hydrogen-bond donors (Lipinski definition) is 4. The van der Waals surface area contributed by atoms with E-state index in [1.807, 2.05) is 0 Å². The van der Waals surface area contributed by atoms with E-state index < -0.39 is 91.5 Å². The zero-order chi connectivity index (χ0) is 62.4. The smallest absolute Gasteiger partial charge is 0.463 e. The zero-order valence-electron chi connectivity index (χ0n) is 53.0. The van der Waals surface area contributed by atoms with E-state index in [1.54, 1.807) is 0 Å². The molecular weight excluding hydrogens is 1120 g/mol. The molecule has 0 heterocycles. The minimum atomic E-state index is -4.92. The van der Waals surface area contributed by atoms with Crippen LogP contribution in [0.1, 0.15) is 265 Å². The van der Waals surface area contributed by atoms with Crippen LogP contribution >= 0.6 is 15.6 Å². The SMILES string of the molecule is CC/C=C\C/C=C\C/C=C\CCCCCCCC(=O)OCC(COP(=O)(O)OCC(O)COP(=O)(O)OCC(O)COC(=O)CCCCCCCCC/C=C\C/C=C\C/C=C\C/C=C\CCCCC)OC(=O)CCCCCCCCCCCCC. The van der Waals surface area contributed by atoms with Gasteiger partial charge in [-0.3, -0.25) is 32.5 Å². The molecule has 0 saturated heterocycles. The summed E-state index contributed by atoms with van der Waals surface area (Å²) in [6, 6.07) is 0. The Kier molecular flexibility index (Phi) is 58.6. The Morgan fingerprint density at radius 2 is 0.624 bits per heavy atom. The summed E-state index contributed by atoms with van der Waals surface area (Å²) in [6.07, 6.45) is 63.6. The number of aliphatic hydroxyl groups excluding tert-OH is 2. The maximum atomic E-state index is 12.8. The van der Waals surface area contributed by atoms with Gasteiger partial charge in [-0.1, -0.05) is 234 Å². The molecule has 18 heteroatoms. The van der Waals surface area contributed by atoms with Gasteiger partial charge < -0.3 is 34.2 Å². The van der Waals surface area contributed by atoms with Gasteiger partial charge >= 0.3 is 33.6 Å². The first kappa shape index (κ1) is 81.7. The quantitative estimate of drug-likeness (QED) is 0.0146. The molecule has 4 N–H and O–H groups in total. The number of unbranched alkanes of at least 4 members (excludes halogenated alkanes) is 25. The van der Waals surface area contributed by atoms with Crippen molar-refractivity contribution in [1.82, 2.24) is 0 Å². The summed E-state index contributed by atoms with van der Waals surface area (Å²) >= 11 is 0. The number of ether oxygens (including phenoxy) is 3. The fourth-order valence-electron chi connectivity index (χ4n) is 8.57. The Labute approximate surface area is 515 Å². The third-order valence-corrected chi connectivity index (χ3v) is 15.5. The summed E-state index contributed by atoms with van der Waals surface area (Å²) < 4.78 is 60.7. The molecule has 0 aromatic carbocycles. The van der Waals surface area contributed by atoms with Crippen molar-refractivity contribution in [3.05, 3.63) is 85.1 Å². The van der Waals surface area contributed by atoms with Crippen LogP contribution in [-0.2, 0) is 55.8 Å². The molecule has 0 rings (SSSR count). The first-order chi connectivity index (χ1) is 41.2. The van der Waals surface area contributed by atoms with Crippen LogP contribution in [-0.4, -0.2) is 95.9 Å². The normalized spacial score (nSPS) is 14.9. The average Bonchev–Trinajstić information content (AvgIpc) is 3.60. The van der Waals surface area contributed by atoms with Gasteiger partial charge in [-0.25, -0.2) is 9.13 Å². The van der Waals surface area contributed by atoms with Crippen molar-refractivity contribution in [1.29, 1.82) is 0 Å². The molecule has 0 aliphatic rings. The van der Waals surface area contributed by atoms with Crippen molar-refractivity contribution < 1.29 is 75.8 Å². The Hall–Kier alpha value is -3.27. The number of carbonyl (C=O) groups is 3. The number of allylic oxidation sites excluding steroid dienone is 14. The molecule has 0 bridgehead atoms. The van der Waals surface area contributed by atoms with E-state index in [-0.39, 0.29) is 19.3 Å². The van der Waals surface area contributed by atoms with E-state index in [1.165, 1.54) is 64.2 Å². The van der Waals surface area contributed by atoms with Crippen LogP contribution in [0.2, 0.25) is 0 Å². The van der Waals surface area contributed by atoms with Crippen LogP contribution < -0.4 is 0 Å². The van der Waals surface area contributed by atoms with E-state index in [0.717, 1.165) is 141 Å². The van der Waals surface area contributed by atoms with E-state index >= 15 is 0 Å². The Balaban J connectivity index is 4.55. The van der Waals surface area contributed by atoms with Crippen molar-refractivity contribution >= 4 is 33.6 Å². The molecule has 0 spiro atoms. The molecule has 0 aromatic heterocycles. The van der Waals surface area contributed by atoms with Gasteiger partial charge in [-0.15, -0.1) is 0 Å². The lowest BCUT2D eigenvalue weighted by Crippen LogP contribution is -2.30. The van der Waals surface area contributed by atoms with E-state index in [2.05, 4.69) is 106 Å². The fraction of sp³-hybridized carbons (Fsp3) is 0.746. The highest BCUT2D eigenvalue weighted by Gasteiger charge is 2.29. The summed E-state index contributed by atoms with van der Waals surface area (Å²) in [5.74, 6) is -1.60. The van der Waals surface area contributed by atoms with Gasteiger partial charge in [0.25, 0.3) is 0 Å². The van der Waals surface area contributed by atoms with E-state index in [4.69, 9.17) is 32.3 Å². The van der Waals surface area contributed by atoms with Gasteiger partial charge in [0.05, 0.1) is 26.4 Å². The Morgan fingerprint density at radius 1 is 0.341 bits per heavy atom. The molecule has 0 saturated carbocycles. The molecule has 5 atom stereocenters. The van der Waals surface area contributed by atoms with Crippen LogP contribution in [0.15, 0.2) is 85.1 Å². The lowest BCUT2D eigenvalue weighted by Gasteiger charge is -2.21. The summed E-state index contributed by atoms with van der Waals surface area (Å²) in [5.41, 5.74) is 0. The summed E-state index contributed by atoms with van der Waals surface area (Å²) in [5, 5.41) is 20.5. The minimum Gasteiger partial charge on any atom is -0.463 e. The number of phosphoric ester groups is 2. The Morgan fingerprint density at radius 3 is 1.01 bits per heavy atom. The van der Waals surface area contributed by atoms with Crippen LogP contribution in [0.5, 0.6) is 0 Å². The van der Waals surface area contributed by atoms with Crippen molar-refractivity contribution in [3.63, 3.8) is 0 Å². The predicted molar refractivity (Wildman–Crippen MR) is 344 cm³/mol. The predicted octanol–water partition coefficient (Wildman–Crippen LogP) is 17.8. The molecule has 0 aliphatic heterocycles. The van der Waals surface area contributed by atoms with Gasteiger partial charge in [0.1, 0.15) is 25.4 Å². The number of carbonyl (C=O) groups excluding carboxylic acids is 3. The average molecular weight is 1240 g/mol. The highest BCUT2D eigenvalue weighted by Crippen LogP contribution is 2.45. The minimum absolute atomic E-state index is 0.103. The largest absolute Gasteiger partial charge is 0.472 e. The molecule has 0 aliphatic carbocycles. The second kappa shape index (κ2) is 61.0. The molecule has 0 amide bonds. The van der Waals surface area contributed by atoms with Gasteiger partial charge in [0.2, 0.25) is 0 Å². The van der Waals surface area contributed by atoms with Crippen molar-refractivity contribution in [2.24, 2.45) is 0 Å². The molecule has 0 radical (unpaired) electrons. The molecule has 5 unspecified atom stereocenters. The summed E-state index contributed by atoms with van der Waals surface area (Å²) in [4.78, 5) is 58.2. The number of hydrogen-bond acceptors (Lipinski definition) is 14. The third kappa shape index (κ3) is 62.1. The summed E-state index contributed by atoms with van der Waals surface area (Å²) in [6.45, 7) is 2.48. The molecule has 16 nitrogen and oxygen atoms in total. The highest BCUT2D eigenvalue weighted by atomic mass is 31.2. The van der Waals surface area contributed by atoms with Gasteiger partial charge in [-0.05, 0) is 96.3 Å². The first-order valence-electron chi connectivity index (χ1n) is 32.9. The topological polar surface area (TPSA) is 231 Å². The van der Waals surface area contributed by atoms with Gasteiger partial charge in [0, 0.05) is 19.3 Å². The lowest BCUT2D eigenvalue weighted by molar-refractivity contribution is -0.161. The fourth-order valence-corrected chi connectivity index (χ4v) is 10.2. The van der Waals surface area contributed by atoms with Crippen LogP contribution in [0.3, 0.4) is 0 Å². The van der Waals surface area contributed by atoms with Crippen molar-refractivity contribution in [3.8, 4) is 0 Å². The molecule has 85 heavy (non-hydrogen) atoms. The van der Waals surface area contributed by atoms with Crippen LogP contribution in [0.25, 0.3) is 0 Å².